The zero-order valence-electron chi connectivity index (χ0n) is 15.1. The molecule has 2 aromatic rings. The summed E-state index contributed by atoms with van der Waals surface area (Å²) >= 11 is 0. The maximum atomic E-state index is 12.3. The molecule has 1 amide bonds. The summed E-state index contributed by atoms with van der Waals surface area (Å²) in [7, 11) is 0. The molecule has 0 heterocycles. The monoisotopic (exact) mass is 377 g/mol. The summed E-state index contributed by atoms with van der Waals surface area (Å²) in [5.74, 6) is -0.380. The van der Waals surface area contributed by atoms with Gasteiger partial charge < -0.3 is 11.1 Å². The predicted octanol–water partition coefficient (Wildman–Crippen LogP) is 3.74. The van der Waals surface area contributed by atoms with Crippen LogP contribution in [0.1, 0.15) is 48.3 Å². The van der Waals surface area contributed by atoms with E-state index in [4.69, 9.17) is 5.73 Å². The fourth-order valence-corrected chi connectivity index (χ4v) is 2.58. The lowest BCUT2D eigenvalue weighted by atomic mass is 9.85. The van der Waals surface area contributed by atoms with Gasteiger partial charge in [0.25, 0.3) is 11.6 Å². The van der Waals surface area contributed by atoms with Crippen LogP contribution >= 0.6 is 12.4 Å². The normalized spacial score (nSPS) is 12.0. The number of nitro benzene ring substituents is 1. The van der Waals surface area contributed by atoms with Crippen LogP contribution in [0.15, 0.2) is 48.5 Å². The number of carbonyl (C=O) groups excluding carboxylic acids is 1. The lowest BCUT2D eigenvalue weighted by Crippen LogP contribution is -2.32. The number of hydrogen-bond donors (Lipinski definition) is 2. The average Bonchev–Trinajstić information content (AvgIpc) is 2.58. The molecule has 0 aliphatic carbocycles. The number of carbonyl (C=O) groups is 1. The zero-order chi connectivity index (χ0) is 18.6. The highest BCUT2D eigenvalue weighted by atomic mass is 35.5. The van der Waals surface area contributed by atoms with Gasteiger partial charge in [0.15, 0.2) is 0 Å². The van der Waals surface area contributed by atoms with Crippen LogP contribution in [-0.2, 0) is 5.41 Å². The molecule has 0 radical (unpaired) electrons. The number of rotatable bonds is 5. The first-order chi connectivity index (χ1) is 11.7. The molecular formula is C19H24ClN3O3. The summed E-state index contributed by atoms with van der Waals surface area (Å²) < 4.78 is 0. The van der Waals surface area contributed by atoms with E-state index in [0.717, 1.165) is 5.56 Å². The molecule has 1 atom stereocenters. The first-order valence-electron chi connectivity index (χ1n) is 8.08. The molecule has 26 heavy (non-hydrogen) atoms. The maximum Gasteiger partial charge on any atom is 0.273 e. The van der Waals surface area contributed by atoms with Crippen LogP contribution in [-0.4, -0.2) is 17.4 Å². The van der Waals surface area contributed by atoms with Gasteiger partial charge >= 0.3 is 0 Å². The third kappa shape index (κ3) is 5.28. The highest BCUT2D eigenvalue weighted by molar-refractivity contribution is 5.95. The van der Waals surface area contributed by atoms with E-state index in [1.54, 1.807) is 12.1 Å². The van der Waals surface area contributed by atoms with Gasteiger partial charge in [0.1, 0.15) is 0 Å². The topological polar surface area (TPSA) is 98.3 Å². The molecule has 0 aliphatic heterocycles. The predicted molar refractivity (Wildman–Crippen MR) is 105 cm³/mol. The minimum atomic E-state index is -0.451. The molecule has 140 valence electrons. The fraction of sp³-hybridized carbons (Fsp3) is 0.316. The number of amides is 1. The Balaban J connectivity index is 0.00000338. The van der Waals surface area contributed by atoms with E-state index in [1.807, 2.05) is 51.1 Å². The number of nitrogens with two attached hydrogens (primary N) is 1. The highest BCUT2D eigenvalue weighted by Crippen LogP contribution is 2.31. The Hall–Kier alpha value is -2.44. The van der Waals surface area contributed by atoms with Crippen LogP contribution in [0.3, 0.4) is 0 Å². The molecule has 0 aliphatic rings. The van der Waals surface area contributed by atoms with Gasteiger partial charge in [0.05, 0.1) is 4.92 Å². The van der Waals surface area contributed by atoms with Crippen molar-refractivity contribution < 1.29 is 9.72 Å². The van der Waals surface area contributed by atoms with Gasteiger partial charge in [0.2, 0.25) is 0 Å². The third-order valence-electron chi connectivity index (χ3n) is 3.97. The number of nitrogens with one attached hydrogen (secondary N) is 1. The van der Waals surface area contributed by atoms with E-state index in [9.17, 15) is 14.9 Å². The smallest absolute Gasteiger partial charge is 0.273 e. The number of halogens is 1. The third-order valence-corrected chi connectivity index (χ3v) is 3.97. The van der Waals surface area contributed by atoms with Crippen molar-refractivity contribution in [1.82, 2.24) is 5.32 Å². The number of nitro groups is 1. The molecule has 0 spiro atoms. The summed E-state index contributed by atoms with van der Waals surface area (Å²) in [6, 6.07) is 13.7. The van der Waals surface area contributed by atoms with Gasteiger partial charge in [-0.2, -0.15) is 0 Å². The van der Waals surface area contributed by atoms with Crippen LogP contribution < -0.4 is 11.1 Å². The summed E-state index contributed by atoms with van der Waals surface area (Å²) in [6.07, 6.45) is 0. The molecule has 3 N–H and O–H groups in total. The van der Waals surface area contributed by atoms with Gasteiger partial charge in [-0.25, -0.2) is 0 Å². The van der Waals surface area contributed by atoms with E-state index >= 15 is 0 Å². The zero-order valence-corrected chi connectivity index (χ0v) is 15.9. The van der Waals surface area contributed by atoms with Crippen LogP contribution in [0.5, 0.6) is 0 Å². The van der Waals surface area contributed by atoms with Crippen LogP contribution in [0.2, 0.25) is 0 Å². The second-order valence-electron chi connectivity index (χ2n) is 6.97. The minimum Gasteiger partial charge on any atom is -0.350 e. The molecule has 6 nitrogen and oxygen atoms in total. The second-order valence-corrected chi connectivity index (χ2v) is 6.97. The number of nitrogens with zero attached hydrogens (tertiary/aromatic N) is 1. The van der Waals surface area contributed by atoms with Crippen molar-refractivity contribution in [2.75, 3.05) is 6.54 Å². The van der Waals surface area contributed by atoms with Crippen molar-refractivity contribution in [3.05, 3.63) is 75.3 Å². The molecule has 7 heteroatoms. The van der Waals surface area contributed by atoms with Gasteiger partial charge in [-0.15, -0.1) is 12.4 Å². The van der Waals surface area contributed by atoms with Gasteiger partial charge in [0, 0.05) is 29.8 Å². The second kappa shape index (κ2) is 8.78. The average molecular weight is 378 g/mol. The Labute approximate surface area is 159 Å². The van der Waals surface area contributed by atoms with Crippen molar-refractivity contribution in [2.45, 2.75) is 32.2 Å². The van der Waals surface area contributed by atoms with Crippen LogP contribution in [0.4, 0.5) is 5.69 Å². The molecular weight excluding hydrogens is 354 g/mol. The first-order valence-corrected chi connectivity index (χ1v) is 8.08. The Morgan fingerprint density at radius 1 is 1.19 bits per heavy atom. The molecule has 0 saturated heterocycles. The van der Waals surface area contributed by atoms with Crippen molar-refractivity contribution in [1.29, 1.82) is 0 Å². The van der Waals surface area contributed by atoms with Crippen LogP contribution in [0, 0.1) is 10.1 Å². The maximum absolute atomic E-state index is 12.3. The Bertz CT molecular complexity index is 773. The van der Waals surface area contributed by atoms with Crippen molar-refractivity contribution in [2.24, 2.45) is 5.73 Å². The lowest BCUT2D eigenvalue weighted by Gasteiger charge is -2.19. The molecule has 2 aromatic carbocycles. The number of benzene rings is 2. The van der Waals surface area contributed by atoms with Gasteiger partial charge in [-0.05, 0) is 17.0 Å². The van der Waals surface area contributed by atoms with Crippen molar-refractivity contribution in [3.8, 4) is 0 Å². The quantitative estimate of drug-likeness (QED) is 0.612. The first kappa shape index (κ1) is 21.6. The molecule has 0 bridgehead atoms. The Kier molecular flexibility index (Phi) is 7.29. The van der Waals surface area contributed by atoms with E-state index in [0.29, 0.717) is 5.56 Å². The van der Waals surface area contributed by atoms with Gasteiger partial charge in [-0.1, -0.05) is 57.2 Å². The standard InChI is InChI=1S/C19H23N3O3.ClH/c1-19(2,3)15-10-9-14(11-17(15)22(24)25)18(23)21-12-16(20)13-7-5-4-6-8-13;/h4-11,16H,12,20H2,1-3H3,(H,21,23);1H. The molecule has 0 saturated carbocycles. The molecule has 1 unspecified atom stereocenters. The largest absolute Gasteiger partial charge is 0.350 e. The minimum absolute atomic E-state index is 0. The fourth-order valence-electron chi connectivity index (χ4n) is 2.58. The van der Waals surface area contributed by atoms with Crippen LogP contribution in [0.25, 0.3) is 0 Å². The number of hydrogen-bond acceptors (Lipinski definition) is 4. The van der Waals surface area contributed by atoms with E-state index < -0.39 is 4.92 Å². The summed E-state index contributed by atoms with van der Waals surface area (Å²) in [5.41, 5.74) is 7.38. The highest BCUT2D eigenvalue weighted by Gasteiger charge is 2.26. The van der Waals surface area contributed by atoms with Crippen molar-refractivity contribution in [3.63, 3.8) is 0 Å². The Morgan fingerprint density at radius 3 is 2.35 bits per heavy atom. The van der Waals surface area contributed by atoms with E-state index in [2.05, 4.69) is 5.32 Å². The van der Waals surface area contributed by atoms with Crippen molar-refractivity contribution >= 4 is 24.0 Å². The molecule has 2 rings (SSSR count). The summed E-state index contributed by atoms with van der Waals surface area (Å²) in [4.78, 5) is 23.2. The van der Waals surface area contributed by atoms with Gasteiger partial charge in [-0.3, -0.25) is 14.9 Å². The Morgan fingerprint density at radius 2 is 1.81 bits per heavy atom. The molecule has 0 aromatic heterocycles. The van der Waals surface area contributed by atoms with E-state index in [-0.39, 0.29) is 47.6 Å². The van der Waals surface area contributed by atoms with E-state index in [1.165, 1.54) is 6.07 Å². The lowest BCUT2D eigenvalue weighted by molar-refractivity contribution is -0.386. The SMILES string of the molecule is CC(C)(C)c1ccc(C(=O)NCC(N)c2ccccc2)cc1[N+](=O)[O-].Cl. The summed E-state index contributed by atoms with van der Waals surface area (Å²) in [5, 5.41) is 14.1. The summed E-state index contributed by atoms with van der Waals surface area (Å²) in [6.45, 7) is 5.94. The molecule has 0 fully saturated rings.